The van der Waals surface area contributed by atoms with E-state index in [1.807, 2.05) is 0 Å². The molecule has 1 aromatic heterocycles. The summed E-state index contributed by atoms with van der Waals surface area (Å²) in [5.74, 6) is -0.448. The number of aromatic nitrogens is 1. The Morgan fingerprint density at radius 1 is 1.12 bits per heavy atom. The molecule has 0 saturated carbocycles. The van der Waals surface area contributed by atoms with Gasteiger partial charge >= 0.3 is 6.18 Å². The van der Waals surface area contributed by atoms with Crippen LogP contribution in [-0.2, 0) is 16.9 Å². The van der Waals surface area contributed by atoms with Crippen LogP contribution in [0.3, 0.4) is 0 Å². The third kappa shape index (κ3) is 3.81. The highest BCUT2D eigenvalue weighted by Gasteiger charge is 2.57. The summed E-state index contributed by atoms with van der Waals surface area (Å²) in [7, 11) is 0. The fourth-order valence-electron chi connectivity index (χ4n) is 4.11. The predicted molar refractivity (Wildman–Crippen MR) is 110 cm³/mol. The Morgan fingerprint density at radius 3 is 2.44 bits per heavy atom. The summed E-state index contributed by atoms with van der Waals surface area (Å²) in [4.78, 5) is 23.7. The molecular formula is C22H20F3N3O4. The van der Waals surface area contributed by atoms with Crippen LogP contribution in [0, 0.1) is 10.1 Å². The molecule has 3 aromatic rings. The van der Waals surface area contributed by atoms with E-state index < -0.39 is 34.7 Å². The average molecular weight is 447 g/mol. The van der Waals surface area contributed by atoms with Gasteiger partial charge in [-0.15, -0.1) is 0 Å². The molecule has 10 heteroatoms. The Bertz CT molecular complexity index is 1180. The Kier molecular flexibility index (Phi) is 5.41. The first-order valence-electron chi connectivity index (χ1n) is 9.99. The minimum Gasteiger partial charge on any atom is -0.375 e. The van der Waals surface area contributed by atoms with Gasteiger partial charge in [0.15, 0.2) is 0 Å². The number of alkyl halides is 3. The highest BCUT2D eigenvalue weighted by molar-refractivity contribution is 5.87. The zero-order valence-electron chi connectivity index (χ0n) is 16.9. The lowest BCUT2D eigenvalue weighted by atomic mass is 9.92. The molecule has 1 aliphatic rings. The van der Waals surface area contributed by atoms with Gasteiger partial charge in [0.05, 0.1) is 17.0 Å². The highest BCUT2D eigenvalue weighted by atomic mass is 19.4. The molecule has 0 radical (unpaired) electrons. The number of nitrogens with zero attached hydrogens (tertiary/aromatic N) is 3. The van der Waals surface area contributed by atoms with Crippen LogP contribution in [0.2, 0.25) is 0 Å². The molecule has 1 atom stereocenters. The molecule has 7 nitrogen and oxygen atoms in total. The Morgan fingerprint density at radius 2 is 1.84 bits per heavy atom. The molecule has 1 fully saturated rings. The topological polar surface area (TPSA) is 88.6 Å². The van der Waals surface area contributed by atoms with E-state index >= 15 is 0 Å². The van der Waals surface area contributed by atoms with Crippen LogP contribution in [0.25, 0.3) is 10.9 Å². The van der Waals surface area contributed by atoms with Gasteiger partial charge in [-0.2, -0.15) is 13.2 Å². The summed E-state index contributed by atoms with van der Waals surface area (Å²) in [5.41, 5.74) is -3.09. The van der Waals surface area contributed by atoms with Gasteiger partial charge in [0, 0.05) is 48.8 Å². The lowest BCUT2D eigenvalue weighted by Gasteiger charge is -2.34. The van der Waals surface area contributed by atoms with Crippen molar-refractivity contribution in [3.05, 3.63) is 76.0 Å². The predicted octanol–water partition coefficient (Wildman–Crippen LogP) is 3.97. The molecule has 0 spiro atoms. The van der Waals surface area contributed by atoms with Crippen molar-refractivity contribution in [3.8, 4) is 0 Å². The Hall–Kier alpha value is -3.40. The first kappa shape index (κ1) is 21.8. The Labute approximate surface area is 180 Å². The van der Waals surface area contributed by atoms with Gasteiger partial charge in [-0.1, -0.05) is 30.3 Å². The second-order valence-corrected chi connectivity index (χ2v) is 7.89. The molecule has 2 aromatic carbocycles. The number of benzene rings is 2. The van der Waals surface area contributed by atoms with Crippen LogP contribution >= 0.6 is 0 Å². The molecule has 1 amide bonds. The van der Waals surface area contributed by atoms with E-state index in [1.165, 1.54) is 22.9 Å². The molecule has 4 rings (SSSR count). The fourth-order valence-corrected chi connectivity index (χ4v) is 4.11. The summed E-state index contributed by atoms with van der Waals surface area (Å²) in [6, 6.07) is 12.4. The van der Waals surface area contributed by atoms with Crippen LogP contribution in [0.15, 0.2) is 54.7 Å². The minimum absolute atomic E-state index is 0.0398. The number of non-ortho nitro benzene ring substituents is 1. The van der Waals surface area contributed by atoms with Gasteiger partial charge in [-0.3, -0.25) is 14.9 Å². The molecule has 1 N–H and O–H groups in total. The van der Waals surface area contributed by atoms with E-state index in [0.29, 0.717) is 6.42 Å². The zero-order valence-corrected chi connectivity index (χ0v) is 16.9. The van der Waals surface area contributed by atoms with Gasteiger partial charge in [-0.25, -0.2) is 0 Å². The zero-order chi connectivity index (χ0) is 23.1. The summed E-state index contributed by atoms with van der Waals surface area (Å²) >= 11 is 0. The van der Waals surface area contributed by atoms with E-state index in [4.69, 9.17) is 0 Å². The molecular weight excluding hydrogens is 427 g/mol. The van der Waals surface area contributed by atoms with Crippen LogP contribution in [0.5, 0.6) is 0 Å². The summed E-state index contributed by atoms with van der Waals surface area (Å²) in [6.07, 6.45) is -3.34. The second-order valence-electron chi connectivity index (χ2n) is 7.89. The number of hydrogen-bond acceptors (Lipinski definition) is 4. The summed E-state index contributed by atoms with van der Waals surface area (Å²) in [6.45, 7) is -0.656. The number of β-amino-alcohol motifs (C(OH)–C–C–N with tert-alkyl or cyclic N) is 1. The number of rotatable bonds is 6. The van der Waals surface area contributed by atoms with Crippen molar-refractivity contribution in [2.24, 2.45) is 0 Å². The van der Waals surface area contributed by atoms with Crippen molar-refractivity contribution < 1.29 is 28.0 Å². The smallest absolute Gasteiger partial charge is 0.375 e. The molecule has 1 unspecified atom stereocenters. The fraction of sp³-hybridized carbons (Fsp3) is 0.318. The number of fused-ring (bicyclic) bond motifs is 1. The molecule has 2 heterocycles. The van der Waals surface area contributed by atoms with Crippen molar-refractivity contribution in [2.45, 2.75) is 31.2 Å². The lowest BCUT2D eigenvalue weighted by molar-refractivity contribution is -0.384. The van der Waals surface area contributed by atoms with E-state index in [0.717, 1.165) is 16.5 Å². The van der Waals surface area contributed by atoms with Crippen molar-refractivity contribution in [1.82, 2.24) is 9.47 Å². The van der Waals surface area contributed by atoms with Gasteiger partial charge in [0.25, 0.3) is 5.69 Å². The maximum atomic E-state index is 14.2. The Balaban J connectivity index is 1.89. The number of likely N-dealkylation sites (tertiary alicyclic amines) is 1. The van der Waals surface area contributed by atoms with Gasteiger partial charge < -0.3 is 14.6 Å². The number of halogens is 3. The van der Waals surface area contributed by atoms with E-state index in [1.54, 1.807) is 30.3 Å². The largest absolute Gasteiger partial charge is 0.423 e. The summed E-state index contributed by atoms with van der Waals surface area (Å²) < 4.78 is 44.2. The number of hydrogen-bond donors (Lipinski definition) is 1. The first-order chi connectivity index (χ1) is 15.1. The SMILES string of the molecule is O=C1CCCN1CC(O)(c1cn(Cc2ccccc2)c2cc([N+](=O)[O-])ccc12)C(F)(F)F. The number of carbonyl (C=O) groups is 1. The van der Waals surface area contributed by atoms with E-state index in [9.17, 15) is 33.2 Å². The van der Waals surface area contributed by atoms with Crippen LogP contribution in [-0.4, -0.2) is 44.7 Å². The number of carbonyl (C=O) groups excluding carboxylic acids is 1. The van der Waals surface area contributed by atoms with Crippen LogP contribution in [0.4, 0.5) is 18.9 Å². The number of amides is 1. The molecule has 168 valence electrons. The van der Waals surface area contributed by atoms with Gasteiger partial charge in [-0.05, 0) is 18.1 Å². The lowest BCUT2D eigenvalue weighted by Crippen LogP contribution is -2.51. The molecule has 0 bridgehead atoms. The number of nitro benzene ring substituents is 1. The number of nitro groups is 1. The van der Waals surface area contributed by atoms with Crippen molar-refractivity contribution >= 4 is 22.5 Å². The second kappa shape index (κ2) is 7.94. The quantitative estimate of drug-likeness (QED) is 0.458. The standard InChI is InChI=1S/C22H20F3N3O4/c23-22(24,25)21(30,14-26-10-4-7-20(26)29)18-13-27(12-15-5-2-1-3-6-15)19-11-16(28(31)32)8-9-17(18)19/h1-3,5-6,8-9,11,13,30H,4,7,10,12,14H2. The average Bonchev–Trinajstić information content (AvgIpc) is 3.31. The van der Waals surface area contributed by atoms with Gasteiger partial charge in [0.2, 0.25) is 11.5 Å². The molecule has 1 saturated heterocycles. The minimum atomic E-state index is -5.08. The first-order valence-corrected chi connectivity index (χ1v) is 9.99. The molecule has 32 heavy (non-hydrogen) atoms. The third-order valence-electron chi connectivity index (χ3n) is 5.78. The monoisotopic (exact) mass is 447 g/mol. The van der Waals surface area contributed by atoms with Gasteiger partial charge in [0.1, 0.15) is 0 Å². The third-order valence-corrected chi connectivity index (χ3v) is 5.78. The number of aliphatic hydroxyl groups is 1. The van der Waals surface area contributed by atoms with Crippen LogP contribution in [0.1, 0.15) is 24.0 Å². The van der Waals surface area contributed by atoms with Crippen LogP contribution < -0.4 is 0 Å². The van der Waals surface area contributed by atoms with E-state index in [-0.39, 0.29) is 36.1 Å². The highest BCUT2D eigenvalue weighted by Crippen LogP contribution is 2.44. The normalized spacial score (nSPS) is 16.5. The molecule has 0 aliphatic carbocycles. The molecule has 1 aliphatic heterocycles. The maximum absolute atomic E-state index is 14.2. The van der Waals surface area contributed by atoms with Crippen molar-refractivity contribution in [2.75, 3.05) is 13.1 Å². The van der Waals surface area contributed by atoms with E-state index in [2.05, 4.69) is 0 Å². The van der Waals surface area contributed by atoms with Crippen molar-refractivity contribution in [3.63, 3.8) is 0 Å². The maximum Gasteiger partial charge on any atom is 0.423 e. The van der Waals surface area contributed by atoms with Crippen molar-refractivity contribution in [1.29, 1.82) is 0 Å². The summed E-state index contributed by atoms with van der Waals surface area (Å²) in [5, 5.41) is 22.3.